The van der Waals surface area contributed by atoms with Crippen molar-refractivity contribution in [1.82, 2.24) is 9.80 Å². The van der Waals surface area contributed by atoms with E-state index in [4.69, 9.17) is 0 Å². The average molecular weight is 1230 g/mol. The molecule has 4 amide bonds. The first kappa shape index (κ1) is 63.8. The summed E-state index contributed by atoms with van der Waals surface area (Å²) in [6.07, 6.45) is 40.2. The number of hydrogen-bond donors (Lipinski definition) is 0. The summed E-state index contributed by atoms with van der Waals surface area (Å²) < 4.78 is 0. The minimum absolute atomic E-state index is 0.183. The van der Waals surface area contributed by atoms with Gasteiger partial charge in [-0.1, -0.05) is 280 Å². The van der Waals surface area contributed by atoms with Crippen molar-refractivity contribution >= 4 is 88.3 Å². The van der Waals surface area contributed by atoms with Gasteiger partial charge in [0.25, 0.3) is 23.6 Å². The minimum atomic E-state index is -0.204. The number of carbonyl (C=O) groups excluding carboxylic acids is 4. The van der Waals surface area contributed by atoms with E-state index in [9.17, 15) is 0 Å². The monoisotopic (exact) mass is 1230 g/mol. The quantitative estimate of drug-likeness (QED) is 0.0170. The summed E-state index contributed by atoms with van der Waals surface area (Å²) in [5.74, 6) is -0.734. The van der Waals surface area contributed by atoms with E-state index in [1.54, 1.807) is 9.80 Å². The molecule has 2 aliphatic carbocycles. The Morgan fingerprint density at radius 2 is 0.554 bits per heavy atom. The zero-order chi connectivity index (χ0) is 63.2. The summed E-state index contributed by atoms with van der Waals surface area (Å²) >= 11 is 0. The summed E-state index contributed by atoms with van der Waals surface area (Å²) in [5, 5.41) is 12.0. The number of fused-ring (bicyclic) bond motifs is 2. The number of hydrogen-bond acceptors (Lipinski definition) is 4. The third-order valence-corrected chi connectivity index (χ3v) is 22.5. The minimum Gasteiger partial charge on any atom is -0.271 e. The topological polar surface area (TPSA) is 74.8 Å². The molecule has 0 N–H and O–H groups in total. The summed E-state index contributed by atoms with van der Waals surface area (Å²) in [6.45, 7) is 9.07. The first-order chi connectivity index (χ1) is 45.3. The third-order valence-electron chi connectivity index (χ3n) is 22.5. The van der Waals surface area contributed by atoms with E-state index in [-0.39, 0.29) is 35.7 Å². The second-order valence-corrected chi connectivity index (χ2v) is 28.6. The molecule has 6 nitrogen and oxygen atoms in total. The van der Waals surface area contributed by atoms with Crippen molar-refractivity contribution in [2.45, 2.75) is 271 Å². The number of imide groups is 2. The number of rotatable bonds is 36. The fourth-order valence-corrected chi connectivity index (χ4v) is 17.7. The van der Waals surface area contributed by atoms with Gasteiger partial charge in [0.05, 0.1) is 0 Å². The van der Waals surface area contributed by atoms with Crippen LogP contribution in [-0.2, 0) is 25.7 Å². The Morgan fingerprint density at radius 1 is 0.261 bits per heavy atom. The highest BCUT2D eigenvalue weighted by atomic mass is 16.2. The maximum Gasteiger partial charge on any atom is 0.261 e. The third kappa shape index (κ3) is 12.1. The Morgan fingerprint density at radius 3 is 0.891 bits per heavy atom. The lowest BCUT2D eigenvalue weighted by Gasteiger charge is -2.36. The second kappa shape index (κ2) is 29.2. The number of carbonyl (C=O) groups is 4. The predicted octanol–water partition coefficient (Wildman–Crippen LogP) is 24.1. The van der Waals surface area contributed by atoms with Crippen LogP contribution >= 0.6 is 0 Å². The number of benzene rings is 9. The summed E-state index contributed by atoms with van der Waals surface area (Å²) in [5.41, 5.74) is 11.8. The molecule has 2 aliphatic heterocycles. The smallest absolute Gasteiger partial charge is 0.261 e. The zero-order valence-electron chi connectivity index (χ0n) is 56.4. The van der Waals surface area contributed by atoms with E-state index < -0.39 is 0 Å². The SMILES string of the molecule is CCCCCCCCCC(CCCCCCCCC)N1C(=O)c2ccc3c4c(-c5ccc6c7c(cccc57)CC6)cc5c6c(ccc(c7c(-c8ccc9c%10c(cccc8%10)CC9)cc(c2c37)C1=O)c64)C(=O)N(C(CCCCCCCCC)CCCCCCCCC)C5=O. The van der Waals surface area contributed by atoms with Gasteiger partial charge in [0.1, 0.15) is 0 Å². The van der Waals surface area contributed by atoms with Gasteiger partial charge in [-0.25, -0.2) is 0 Å². The maximum atomic E-state index is 16.3. The van der Waals surface area contributed by atoms with Gasteiger partial charge in [-0.2, -0.15) is 0 Å². The molecule has 480 valence electrons. The molecule has 0 saturated carbocycles. The standard InChI is InChI=1S/C86H102N2O4/c1-5-9-13-17-21-25-29-37-61(38-30-26-22-18-14-10-6-2)87-83(89)69-53-51-67-78-72(64-50-48-60-46-44-58-36-34-42-66(64)76(58)60)56-74-80-70(84(90)88(86(74)92)62(39-31-27-23-19-15-11-7-3)40-32-28-24-20-16-12-8-4)54-52-68(82(78)80)77-71(55-73(85(87)91)79(69)81(67)77)63-49-47-59-45-43-57-35-33-41-65(63)75(57)59/h33-36,41-42,47-56,61-62H,5-32,37-40,43-46H2,1-4H3. The van der Waals surface area contributed by atoms with E-state index >= 15 is 19.2 Å². The molecule has 0 atom stereocenters. The first-order valence-corrected chi connectivity index (χ1v) is 37.4. The Balaban J connectivity index is 1.02. The van der Waals surface area contributed by atoms with Crippen LogP contribution in [0.4, 0.5) is 0 Å². The first-order valence-electron chi connectivity index (χ1n) is 37.4. The number of amides is 4. The number of aryl methyl sites for hydroxylation is 4. The van der Waals surface area contributed by atoms with Gasteiger partial charge in [-0.3, -0.25) is 29.0 Å². The zero-order valence-corrected chi connectivity index (χ0v) is 56.4. The summed E-state index contributed by atoms with van der Waals surface area (Å²) in [6, 6.07) is 35.1. The van der Waals surface area contributed by atoms with Crippen LogP contribution in [0.5, 0.6) is 0 Å². The molecule has 0 aromatic heterocycles. The van der Waals surface area contributed by atoms with Crippen molar-refractivity contribution in [1.29, 1.82) is 0 Å². The molecule has 9 aromatic rings. The molecule has 0 bridgehead atoms. The van der Waals surface area contributed by atoms with Gasteiger partial charge < -0.3 is 0 Å². The molecule has 0 spiro atoms. The van der Waals surface area contributed by atoms with Crippen molar-refractivity contribution in [3.63, 3.8) is 0 Å². The van der Waals surface area contributed by atoms with Crippen molar-refractivity contribution in [2.75, 3.05) is 0 Å². The predicted molar refractivity (Wildman–Crippen MR) is 387 cm³/mol. The maximum absolute atomic E-state index is 16.3. The average Bonchev–Trinajstić information content (AvgIpc) is 0.778. The van der Waals surface area contributed by atoms with E-state index in [1.165, 1.54) is 172 Å². The second-order valence-electron chi connectivity index (χ2n) is 28.6. The van der Waals surface area contributed by atoms with Crippen LogP contribution in [0.2, 0.25) is 0 Å². The van der Waals surface area contributed by atoms with Gasteiger partial charge in [0.15, 0.2) is 0 Å². The molecule has 0 unspecified atom stereocenters. The number of nitrogens with zero attached hydrogens (tertiary/aromatic N) is 2. The molecular formula is C86H102N2O4. The van der Waals surface area contributed by atoms with Crippen LogP contribution in [0.25, 0.3) is 86.9 Å². The van der Waals surface area contributed by atoms with Crippen LogP contribution in [0, 0.1) is 0 Å². The van der Waals surface area contributed by atoms with E-state index in [2.05, 4.69) is 113 Å². The highest BCUT2D eigenvalue weighted by Crippen LogP contribution is 2.54. The van der Waals surface area contributed by atoms with Crippen LogP contribution in [0.1, 0.15) is 297 Å². The van der Waals surface area contributed by atoms with Crippen molar-refractivity contribution < 1.29 is 19.2 Å². The molecule has 9 aromatic carbocycles. The van der Waals surface area contributed by atoms with Gasteiger partial charge in [0, 0.05) is 45.1 Å². The van der Waals surface area contributed by atoms with Crippen LogP contribution in [-0.4, -0.2) is 45.5 Å². The van der Waals surface area contributed by atoms with Crippen LogP contribution < -0.4 is 0 Å². The molecular weight excluding hydrogens is 1120 g/mol. The molecule has 13 rings (SSSR count). The molecule has 4 aliphatic rings. The Hall–Kier alpha value is -6.92. The molecule has 92 heavy (non-hydrogen) atoms. The van der Waals surface area contributed by atoms with Gasteiger partial charge in [-0.05, 0) is 174 Å². The van der Waals surface area contributed by atoms with Crippen LogP contribution in [0.3, 0.4) is 0 Å². The Kier molecular flexibility index (Phi) is 20.2. The molecule has 0 radical (unpaired) electrons. The van der Waals surface area contributed by atoms with Crippen molar-refractivity contribution in [3.8, 4) is 22.3 Å². The molecule has 0 saturated heterocycles. The van der Waals surface area contributed by atoms with Crippen molar-refractivity contribution in [2.24, 2.45) is 0 Å². The highest BCUT2D eigenvalue weighted by molar-refractivity contribution is 6.45. The van der Waals surface area contributed by atoms with E-state index in [1.807, 2.05) is 12.1 Å². The van der Waals surface area contributed by atoms with E-state index in [0.29, 0.717) is 22.3 Å². The van der Waals surface area contributed by atoms with E-state index in [0.717, 1.165) is 168 Å². The molecule has 0 fully saturated rings. The molecule has 6 heteroatoms. The summed E-state index contributed by atoms with van der Waals surface area (Å²) in [4.78, 5) is 67.9. The Bertz CT molecular complexity index is 3880. The van der Waals surface area contributed by atoms with Crippen molar-refractivity contribution in [3.05, 3.63) is 142 Å². The van der Waals surface area contributed by atoms with Gasteiger partial charge in [-0.15, -0.1) is 0 Å². The van der Waals surface area contributed by atoms with Gasteiger partial charge in [0.2, 0.25) is 0 Å². The fraction of sp³-hybridized carbons (Fsp3) is 0.488. The molecule has 2 heterocycles. The van der Waals surface area contributed by atoms with Gasteiger partial charge >= 0.3 is 0 Å². The lowest BCUT2D eigenvalue weighted by atomic mass is 9.76. The normalized spacial score (nSPS) is 14.5. The summed E-state index contributed by atoms with van der Waals surface area (Å²) in [7, 11) is 0. The number of unbranched alkanes of at least 4 members (excludes halogenated alkanes) is 24. The Labute approximate surface area is 549 Å². The largest absolute Gasteiger partial charge is 0.271 e. The lowest BCUT2D eigenvalue weighted by molar-refractivity contribution is 0.0501. The highest BCUT2D eigenvalue weighted by Gasteiger charge is 2.42. The fourth-order valence-electron chi connectivity index (χ4n) is 17.7. The van der Waals surface area contributed by atoms with Crippen LogP contribution in [0.15, 0.2) is 97.1 Å². The lowest BCUT2D eigenvalue weighted by Crippen LogP contribution is -2.47.